The molecule has 73 heavy (non-hydrogen) atoms. The molecule has 1 atom stereocenters. The van der Waals surface area contributed by atoms with E-state index in [1.807, 2.05) is 0 Å². The molecule has 6 nitrogen and oxygen atoms in total. The zero-order valence-corrected chi connectivity index (χ0v) is 48.9. The molecule has 426 valence electrons. The molecule has 0 radical (unpaired) electrons. The summed E-state index contributed by atoms with van der Waals surface area (Å²) in [5.41, 5.74) is 0. The van der Waals surface area contributed by atoms with Crippen LogP contribution in [0.2, 0.25) is 0 Å². The van der Waals surface area contributed by atoms with Crippen molar-refractivity contribution in [3.05, 3.63) is 48.6 Å². The van der Waals surface area contributed by atoms with Gasteiger partial charge in [0.05, 0.1) is 0 Å². The summed E-state index contributed by atoms with van der Waals surface area (Å²) in [5.74, 6) is -0.862. The predicted molar refractivity (Wildman–Crippen MR) is 316 cm³/mol. The van der Waals surface area contributed by atoms with E-state index in [-0.39, 0.29) is 31.1 Å². The van der Waals surface area contributed by atoms with Gasteiger partial charge in [0, 0.05) is 19.3 Å². The Hall–Kier alpha value is -2.63. The molecule has 0 spiro atoms. The van der Waals surface area contributed by atoms with E-state index in [4.69, 9.17) is 14.2 Å². The van der Waals surface area contributed by atoms with Gasteiger partial charge in [-0.2, -0.15) is 0 Å². The maximum Gasteiger partial charge on any atom is 0.306 e. The zero-order chi connectivity index (χ0) is 52.9. The second kappa shape index (κ2) is 61.9. The molecule has 0 saturated heterocycles. The lowest BCUT2D eigenvalue weighted by molar-refractivity contribution is -0.167. The Morgan fingerprint density at radius 3 is 0.781 bits per heavy atom. The molecule has 0 rings (SSSR count). The number of ether oxygens (including phenoxy) is 3. The molecule has 0 amide bonds. The second-order valence-electron chi connectivity index (χ2n) is 21.7. The topological polar surface area (TPSA) is 78.9 Å². The number of unbranched alkanes of at least 4 members (excludes halogenated alkanes) is 40. The van der Waals surface area contributed by atoms with Crippen LogP contribution in [0.4, 0.5) is 0 Å². The number of hydrogen-bond acceptors (Lipinski definition) is 6. The van der Waals surface area contributed by atoms with Gasteiger partial charge in [-0.3, -0.25) is 14.4 Å². The first-order valence-corrected chi connectivity index (χ1v) is 32.1. The molecular formula is C67H122O6. The van der Waals surface area contributed by atoms with Crippen molar-refractivity contribution in [3.63, 3.8) is 0 Å². The van der Waals surface area contributed by atoms with E-state index < -0.39 is 6.10 Å². The number of allylic oxidation sites excluding steroid dienone is 8. The monoisotopic (exact) mass is 1020 g/mol. The van der Waals surface area contributed by atoms with Crippen LogP contribution in [0.5, 0.6) is 0 Å². The van der Waals surface area contributed by atoms with Crippen molar-refractivity contribution in [2.75, 3.05) is 13.2 Å². The average Bonchev–Trinajstić information content (AvgIpc) is 3.39. The van der Waals surface area contributed by atoms with Crippen molar-refractivity contribution in [2.24, 2.45) is 0 Å². The smallest absolute Gasteiger partial charge is 0.306 e. The summed E-state index contributed by atoms with van der Waals surface area (Å²) in [6.45, 7) is 6.66. The molecule has 6 heteroatoms. The molecule has 0 N–H and O–H groups in total. The van der Waals surface area contributed by atoms with Crippen LogP contribution in [0, 0.1) is 0 Å². The number of carbonyl (C=O) groups excluding carboxylic acids is 3. The summed E-state index contributed by atoms with van der Waals surface area (Å²) in [5, 5.41) is 0. The predicted octanol–water partition coefficient (Wildman–Crippen LogP) is 21.8. The highest BCUT2D eigenvalue weighted by Crippen LogP contribution is 2.17. The molecule has 0 heterocycles. The molecule has 0 aliphatic carbocycles. The van der Waals surface area contributed by atoms with Gasteiger partial charge in [-0.15, -0.1) is 0 Å². The standard InChI is InChI=1S/C67H122O6/c1-4-7-10-13-16-19-22-25-27-29-31-32-33-34-36-37-39-42-45-48-51-54-57-60-66(69)72-63-64(62-71-65(68)59-56-53-50-47-44-41-24-21-18-15-12-9-6-3)73-67(70)61-58-55-52-49-46-43-40-38-35-30-28-26-23-20-17-14-11-8-5-2/h22,25-26,28-29,31,33-34,64H,4-21,23-24,27,30,32,35-63H2,1-3H3/b25-22-,28-26-,31-29-,34-33-. The normalized spacial score (nSPS) is 12.3. The summed E-state index contributed by atoms with van der Waals surface area (Å²) in [6.07, 6.45) is 76.8. The van der Waals surface area contributed by atoms with Crippen LogP contribution in [-0.4, -0.2) is 37.2 Å². The third-order valence-electron chi connectivity index (χ3n) is 14.3. The van der Waals surface area contributed by atoms with Crippen LogP contribution in [0.25, 0.3) is 0 Å². The minimum absolute atomic E-state index is 0.0726. The van der Waals surface area contributed by atoms with E-state index in [1.54, 1.807) is 0 Å². The maximum absolute atomic E-state index is 12.9. The number of hydrogen-bond donors (Lipinski definition) is 0. The van der Waals surface area contributed by atoms with E-state index in [0.29, 0.717) is 19.3 Å². The van der Waals surface area contributed by atoms with Crippen LogP contribution >= 0.6 is 0 Å². The SMILES string of the molecule is CCCCCCC/C=C\C/C=C\C/C=C\CCCCCCCCCCC(=O)OCC(COC(=O)CCCCCCCCCCCCCCC)OC(=O)CCCCCCCCCCC/C=C\CCCCCCCC. The van der Waals surface area contributed by atoms with E-state index >= 15 is 0 Å². The summed E-state index contributed by atoms with van der Waals surface area (Å²) < 4.78 is 16.9. The van der Waals surface area contributed by atoms with Gasteiger partial charge in [0.1, 0.15) is 13.2 Å². The maximum atomic E-state index is 12.9. The highest BCUT2D eigenvalue weighted by Gasteiger charge is 2.19. The van der Waals surface area contributed by atoms with Crippen molar-refractivity contribution in [1.82, 2.24) is 0 Å². The molecule has 0 fully saturated rings. The summed E-state index contributed by atoms with van der Waals surface area (Å²) in [7, 11) is 0. The van der Waals surface area contributed by atoms with Gasteiger partial charge in [-0.1, -0.05) is 288 Å². The van der Waals surface area contributed by atoms with E-state index in [0.717, 1.165) is 77.0 Å². The van der Waals surface area contributed by atoms with Crippen molar-refractivity contribution >= 4 is 17.9 Å². The molecule has 0 aromatic rings. The Morgan fingerprint density at radius 2 is 0.493 bits per heavy atom. The van der Waals surface area contributed by atoms with Crippen LogP contribution < -0.4 is 0 Å². The highest BCUT2D eigenvalue weighted by molar-refractivity contribution is 5.71. The molecule has 0 saturated carbocycles. The first-order chi connectivity index (χ1) is 36.0. The Labute approximate surface area is 454 Å². The molecule has 0 aromatic heterocycles. The molecule has 0 bridgehead atoms. The third-order valence-corrected chi connectivity index (χ3v) is 14.3. The van der Waals surface area contributed by atoms with E-state index in [1.165, 1.54) is 225 Å². The Bertz CT molecular complexity index is 1270. The molecule has 1 unspecified atom stereocenters. The Morgan fingerprint density at radius 1 is 0.274 bits per heavy atom. The van der Waals surface area contributed by atoms with Crippen LogP contribution in [-0.2, 0) is 28.6 Å². The van der Waals surface area contributed by atoms with Gasteiger partial charge in [0.25, 0.3) is 0 Å². The van der Waals surface area contributed by atoms with Crippen molar-refractivity contribution in [2.45, 2.75) is 348 Å². The second-order valence-corrected chi connectivity index (χ2v) is 21.7. The lowest BCUT2D eigenvalue weighted by atomic mass is 10.0. The molecule has 0 aromatic carbocycles. The first kappa shape index (κ1) is 70.4. The number of esters is 3. The van der Waals surface area contributed by atoms with Gasteiger partial charge in [0.15, 0.2) is 6.10 Å². The first-order valence-electron chi connectivity index (χ1n) is 32.1. The quantitative estimate of drug-likeness (QED) is 0.0261. The number of carbonyl (C=O) groups is 3. The zero-order valence-electron chi connectivity index (χ0n) is 48.9. The average molecular weight is 1020 g/mol. The van der Waals surface area contributed by atoms with Gasteiger partial charge in [-0.25, -0.2) is 0 Å². The summed E-state index contributed by atoms with van der Waals surface area (Å²) in [6, 6.07) is 0. The fraction of sp³-hybridized carbons (Fsp3) is 0.836. The Balaban J connectivity index is 4.32. The molecule has 0 aliphatic rings. The van der Waals surface area contributed by atoms with Crippen molar-refractivity contribution in [3.8, 4) is 0 Å². The number of rotatable bonds is 59. The van der Waals surface area contributed by atoms with Gasteiger partial charge >= 0.3 is 17.9 Å². The van der Waals surface area contributed by atoms with E-state index in [2.05, 4.69) is 69.4 Å². The fourth-order valence-corrected chi connectivity index (χ4v) is 9.45. The van der Waals surface area contributed by atoms with E-state index in [9.17, 15) is 14.4 Å². The Kier molecular flexibility index (Phi) is 59.7. The largest absolute Gasteiger partial charge is 0.462 e. The van der Waals surface area contributed by atoms with Crippen LogP contribution in [0.1, 0.15) is 342 Å². The summed E-state index contributed by atoms with van der Waals surface area (Å²) >= 11 is 0. The minimum Gasteiger partial charge on any atom is -0.462 e. The fourth-order valence-electron chi connectivity index (χ4n) is 9.45. The van der Waals surface area contributed by atoms with Crippen molar-refractivity contribution < 1.29 is 28.6 Å². The highest BCUT2D eigenvalue weighted by atomic mass is 16.6. The van der Waals surface area contributed by atoms with Gasteiger partial charge < -0.3 is 14.2 Å². The molecule has 0 aliphatic heterocycles. The summed E-state index contributed by atoms with van der Waals surface area (Å²) in [4.78, 5) is 38.3. The third kappa shape index (κ3) is 60.1. The van der Waals surface area contributed by atoms with Gasteiger partial charge in [-0.05, 0) is 83.5 Å². The molecular weight excluding hydrogens is 901 g/mol. The lowest BCUT2D eigenvalue weighted by Crippen LogP contribution is -2.30. The van der Waals surface area contributed by atoms with Gasteiger partial charge in [0.2, 0.25) is 0 Å². The minimum atomic E-state index is -0.776. The van der Waals surface area contributed by atoms with Crippen LogP contribution in [0.3, 0.4) is 0 Å². The van der Waals surface area contributed by atoms with Crippen LogP contribution in [0.15, 0.2) is 48.6 Å². The van der Waals surface area contributed by atoms with Crippen molar-refractivity contribution in [1.29, 1.82) is 0 Å². The lowest BCUT2D eigenvalue weighted by Gasteiger charge is -2.18.